The van der Waals surface area contributed by atoms with E-state index in [0.29, 0.717) is 19.1 Å². The van der Waals surface area contributed by atoms with Gasteiger partial charge in [-0.15, -0.1) is 0 Å². The average molecular weight is 426 g/mol. The Bertz CT molecular complexity index is 1170. The van der Waals surface area contributed by atoms with Crippen molar-refractivity contribution in [1.29, 1.82) is 0 Å². The Labute approximate surface area is 188 Å². The fourth-order valence-corrected chi connectivity index (χ4v) is 3.59. The lowest BCUT2D eigenvalue weighted by atomic mass is 9.98. The van der Waals surface area contributed by atoms with Crippen molar-refractivity contribution in [3.05, 3.63) is 108 Å². The molecule has 0 atom stereocenters. The molecule has 0 saturated heterocycles. The summed E-state index contributed by atoms with van der Waals surface area (Å²) in [6, 6.07) is 24.8. The number of hydrogen-bond acceptors (Lipinski definition) is 3. The van der Waals surface area contributed by atoms with Crippen LogP contribution in [0.3, 0.4) is 0 Å². The SMILES string of the molecule is COCc1ccccc1NC(N)=NCc1ccccc1-c1ccc(Cn2ccnc2)cc1. The van der Waals surface area contributed by atoms with Gasteiger partial charge < -0.3 is 20.4 Å². The highest BCUT2D eigenvalue weighted by Crippen LogP contribution is 2.25. The van der Waals surface area contributed by atoms with E-state index in [4.69, 9.17) is 10.5 Å². The lowest BCUT2D eigenvalue weighted by Crippen LogP contribution is -2.23. The second-order valence-electron chi connectivity index (χ2n) is 7.51. The number of aromatic nitrogens is 2. The monoisotopic (exact) mass is 425 g/mol. The number of ether oxygens (including phenoxy) is 1. The van der Waals surface area contributed by atoms with Crippen molar-refractivity contribution in [2.24, 2.45) is 10.7 Å². The number of nitrogens with one attached hydrogen (secondary N) is 1. The fraction of sp³-hybridized carbons (Fsp3) is 0.154. The van der Waals surface area contributed by atoms with E-state index in [0.717, 1.165) is 34.5 Å². The normalized spacial score (nSPS) is 11.5. The number of nitrogens with zero attached hydrogens (tertiary/aromatic N) is 3. The number of hydrogen-bond donors (Lipinski definition) is 2. The molecule has 4 rings (SSSR count). The lowest BCUT2D eigenvalue weighted by molar-refractivity contribution is 0.185. The van der Waals surface area contributed by atoms with Gasteiger partial charge in [0, 0.05) is 37.3 Å². The van der Waals surface area contributed by atoms with Gasteiger partial charge in [0.25, 0.3) is 0 Å². The van der Waals surface area contributed by atoms with Gasteiger partial charge in [-0.1, -0.05) is 66.7 Å². The summed E-state index contributed by atoms with van der Waals surface area (Å²) >= 11 is 0. The van der Waals surface area contributed by atoms with Crippen molar-refractivity contribution in [3.8, 4) is 11.1 Å². The summed E-state index contributed by atoms with van der Waals surface area (Å²) in [6.45, 7) is 1.80. The summed E-state index contributed by atoms with van der Waals surface area (Å²) in [5.74, 6) is 0.374. The van der Waals surface area contributed by atoms with E-state index >= 15 is 0 Å². The Morgan fingerprint density at radius 1 is 1.00 bits per heavy atom. The van der Waals surface area contributed by atoms with Gasteiger partial charge in [-0.25, -0.2) is 9.98 Å². The summed E-state index contributed by atoms with van der Waals surface area (Å²) in [4.78, 5) is 8.68. The maximum Gasteiger partial charge on any atom is 0.193 e. The third kappa shape index (κ3) is 5.42. The van der Waals surface area contributed by atoms with E-state index in [1.54, 1.807) is 13.3 Å². The van der Waals surface area contributed by atoms with Crippen LogP contribution in [-0.4, -0.2) is 22.6 Å². The third-order valence-electron chi connectivity index (χ3n) is 5.21. The van der Waals surface area contributed by atoms with Crippen LogP contribution in [0.5, 0.6) is 0 Å². The van der Waals surface area contributed by atoms with Gasteiger partial charge in [0.1, 0.15) is 0 Å². The van der Waals surface area contributed by atoms with Gasteiger partial charge in [-0.2, -0.15) is 0 Å². The van der Waals surface area contributed by atoms with Gasteiger partial charge in [-0.3, -0.25) is 0 Å². The molecular formula is C26H27N5O. The molecule has 0 aliphatic heterocycles. The number of para-hydroxylation sites is 1. The number of benzene rings is 3. The highest BCUT2D eigenvalue weighted by molar-refractivity contribution is 5.93. The summed E-state index contributed by atoms with van der Waals surface area (Å²) in [6.07, 6.45) is 5.59. The molecule has 0 aliphatic rings. The van der Waals surface area contributed by atoms with Crippen LogP contribution in [-0.2, 0) is 24.4 Å². The Morgan fingerprint density at radius 3 is 2.50 bits per heavy atom. The molecule has 0 radical (unpaired) electrons. The molecule has 0 spiro atoms. The second kappa shape index (κ2) is 10.4. The minimum Gasteiger partial charge on any atom is -0.380 e. The standard InChI is InChI=1S/C26H27N5O/c1-32-18-23-7-3-5-9-25(23)30-26(27)29-16-22-6-2-4-8-24(22)21-12-10-20(11-13-21)17-31-15-14-28-19-31/h2-15,19H,16-18H2,1H3,(H3,27,29,30). The molecule has 0 bridgehead atoms. The highest BCUT2D eigenvalue weighted by Gasteiger charge is 2.06. The van der Waals surface area contributed by atoms with E-state index in [1.807, 2.05) is 48.9 Å². The first-order valence-corrected chi connectivity index (χ1v) is 10.5. The minimum absolute atomic E-state index is 0.374. The topological polar surface area (TPSA) is 77.5 Å². The Balaban J connectivity index is 1.48. The smallest absolute Gasteiger partial charge is 0.193 e. The van der Waals surface area contributed by atoms with Crippen molar-refractivity contribution in [3.63, 3.8) is 0 Å². The summed E-state index contributed by atoms with van der Waals surface area (Å²) < 4.78 is 7.31. The Kier molecular flexibility index (Phi) is 6.94. The Morgan fingerprint density at radius 2 is 1.75 bits per heavy atom. The van der Waals surface area contributed by atoms with E-state index in [9.17, 15) is 0 Å². The largest absolute Gasteiger partial charge is 0.380 e. The first-order chi connectivity index (χ1) is 15.7. The van der Waals surface area contributed by atoms with Gasteiger partial charge in [0.05, 0.1) is 19.5 Å². The first-order valence-electron chi connectivity index (χ1n) is 10.5. The summed E-state index contributed by atoms with van der Waals surface area (Å²) in [5.41, 5.74) is 12.8. The quantitative estimate of drug-likeness (QED) is 0.318. The zero-order chi connectivity index (χ0) is 22.2. The minimum atomic E-state index is 0.374. The number of imidazole rings is 1. The zero-order valence-corrected chi connectivity index (χ0v) is 18.1. The van der Waals surface area contributed by atoms with Crippen molar-refractivity contribution in [2.75, 3.05) is 12.4 Å². The van der Waals surface area contributed by atoms with Crippen molar-refractivity contribution in [1.82, 2.24) is 9.55 Å². The summed E-state index contributed by atoms with van der Waals surface area (Å²) in [5, 5.41) is 3.19. The van der Waals surface area contributed by atoms with Crippen LogP contribution in [0.1, 0.15) is 16.7 Å². The second-order valence-corrected chi connectivity index (χ2v) is 7.51. The molecule has 6 heteroatoms. The van der Waals surface area contributed by atoms with Crippen molar-refractivity contribution < 1.29 is 4.74 Å². The number of aliphatic imine (C=N–C) groups is 1. The molecule has 1 aromatic heterocycles. The van der Waals surface area contributed by atoms with Crippen LogP contribution in [0.25, 0.3) is 11.1 Å². The highest BCUT2D eigenvalue weighted by atomic mass is 16.5. The van der Waals surface area contributed by atoms with Gasteiger partial charge in [0.15, 0.2) is 5.96 Å². The van der Waals surface area contributed by atoms with Crippen LogP contribution >= 0.6 is 0 Å². The third-order valence-corrected chi connectivity index (χ3v) is 5.21. The molecular weight excluding hydrogens is 398 g/mol. The fourth-order valence-electron chi connectivity index (χ4n) is 3.59. The Hall–Kier alpha value is -3.90. The molecule has 0 aliphatic carbocycles. The molecule has 6 nitrogen and oxygen atoms in total. The molecule has 0 saturated carbocycles. The molecule has 0 unspecified atom stereocenters. The number of anilines is 1. The summed E-state index contributed by atoms with van der Waals surface area (Å²) in [7, 11) is 1.68. The van der Waals surface area contributed by atoms with Crippen LogP contribution in [0, 0.1) is 0 Å². The molecule has 0 amide bonds. The predicted octanol–water partition coefficient (Wildman–Crippen LogP) is 4.67. The van der Waals surface area contributed by atoms with Crippen LogP contribution < -0.4 is 11.1 Å². The molecule has 3 N–H and O–H groups in total. The van der Waals surface area contributed by atoms with E-state index in [2.05, 4.69) is 56.3 Å². The maximum absolute atomic E-state index is 6.18. The van der Waals surface area contributed by atoms with Crippen LogP contribution in [0.4, 0.5) is 5.69 Å². The molecule has 4 aromatic rings. The molecule has 0 fully saturated rings. The van der Waals surface area contributed by atoms with Crippen LogP contribution in [0.15, 0.2) is 96.5 Å². The predicted molar refractivity (Wildman–Crippen MR) is 129 cm³/mol. The molecule has 32 heavy (non-hydrogen) atoms. The molecule has 162 valence electrons. The van der Waals surface area contributed by atoms with Crippen molar-refractivity contribution >= 4 is 11.6 Å². The van der Waals surface area contributed by atoms with Crippen LogP contribution in [0.2, 0.25) is 0 Å². The van der Waals surface area contributed by atoms with Crippen molar-refractivity contribution in [2.45, 2.75) is 19.7 Å². The number of rotatable bonds is 8. The number of guanidine groups is 1. The zero-order valence-electron chi connectivity index (χ0n) is 18.1. The number of nitrogens with two attached hydrogens (primary N) is 1. The molecule has 3 aromatic carbocycles. The van der Waals surface area contributed by atoms with Gasteiger partial charge in [-0.05, 0) is 28.3 Å². The first kappa shape index (κ1) is 21.3. The average Bonchev–Trinajstić information content (AvgIpc) is 3.33. The van der Waals surface area contributed by atoms with E-state index in [1.165, 1.54) is 5.56 Å². The lowest BCUT2D eigenvalue weighted by Gasteiger charge is -2.12. The maximum atomic E-state index is 6.18. The van der Waals surface area contributed by atoms with Gasteiger partial charge in [0.2, 0.25) is 0 Å². The number of methoxy groups -OCH3 is 1. The molecule has 1 heterocycles. The van der Waals surface area contributed by atoms with E-state index < -0.39 is 0 Å². The van der Waals surface area contributed by atoms with Gasteiger partial charge >= 0.3 is 0 Å². The van der Waals surface area contributed by atoms with E-state index in [-0.39, 0.29) is 0 Å².